The SMILES string of the molecule is COC(C)(C)CC(=O)C1=CCCCCCC1. The first kappa shape index (κ1) is 13.4. The normalized spacial score (nSPS) is 18.6. The lowest BCUT2D eigenvalue weighted by Crippen LogP contribution is -2.27. The van der Waals surface area contributed by atoms with Crippen molar-refractivity contribution >= 4 is 5.78 Å². The van der Waals surface area contributed by atoms with Gasteiger partial charge in [0.1, 0.15) is 0 Å². The Balaban J connectivity index is 2.57. The molecule has 2 heteroatoms. The van der Waals surface area contributed by atoms with Crippen LogP contribution in [0.1, 0.15) is 58.8 Å². The third-order valence-corrected chi connectivity index (χ3v) is 3.29. The van der Waals surface area contributed by atoms with Crippen LogP contribution in [-0.2, 0) is 9.53 Å². The van der Waals surface area contributed by atoms with Crippen LogP contribution >= 0.6 is 0 Å². The van der Waals surface area contributed by atoms with Gasteiger partial charge in [-0.05, 0) is 45.1 Å². The molecule has 0 bridgehead atoms. The second kappa shape index (κ2) is 6.19. The molecule has 0 amide bonds. The van der Waals surface area contributed by atoms with E-state index < -0.39 is 0 Å². The van der Waals surface area contributed by atoms with E-state index in [0.717, 1.165) is 24.8 Å². The molecule has 0 atom stereocenters. The molecule has 0 heterocycles. The van der Waals surface area contributed by atoms with E-state index in [1.54, 1.807) is 7.11 Å². The van der Waals surface area contributed by atoms with Crippen molar-refractivity contribution in [2.24, 2.45) is 0 Å². The van der Waals surface area contributed by atoms with E-state index in [1.165, 1.54) is 19.3 Å². The summed E-state index contributed by atoms with van der Waals surface area (Å²) in [6, 6.07) is 0. The standard InChI is InChI=1S/C14H24O2/c1-14(2,16-3)11-13(15)12-9-7-5-4-6-8-10-12/h9H,4-8,10-11H2,1-3H3. The summed E-state index contributed by atoms with van der Waals surface area (Å²) in [6.45, 7) is 3.93. The largest absolute Gasteiger partial charge is 0.378 e. The molecule has 1 rings (SSSR count). The van der Waals surface area contributed by atoms with E-state index in [-0.39, 0.29) is 11.4 Å². The molecule has 0 aromatic heterocycles. The third-order valence-electron chi connectivity index (χ3n) is 3.29. The van der Waals surface area contributed by atoms with E-state index in [1.807, 2.05) is 13.8 Å². The lowest BCUT2D eigenvalue weighted by atomic mass is 9.91. The maximum absolute atomic E-state index is 12.1. The first-order valence-electron chi connectivity index (χ1n) is 6.32. The van der Waals surface area contributed by atoms with Crippen LogP contribution in [0.15, 0.2) is 11.6 Å². The average Bonchev–Trinajstić information content (AvgIpc) is 2.16. The summed E-state index contributed by atoms with van der Waals surface area (Å²) < 4.78 is 5.31. The fourth-order valence-electron chi connectivity index (χ4n) is 2.02. The summed E-state index contributed by atoms with van der Waals surface area (Å²) in [5.41, 5.74) is 0.699. The molecule has 1 aliphatic carbocycles. The topological polar surface area (TPSA) is 26.3 Å². The molecule has 0 radical (unpaired) electrons. The Morgan fingerprint density at radius 3 is 2.69 bits per heavy atom. The van der Waals surface area contributed by atoms with Gasteiger partial charge >= 0.3 is 0 Å². The van der Waals surface area contributed by atoms with Crippen LogP contribution in [0.3, 0.4) is 0 Å². The Morgan fingerprint density at radius 2 is 2.00 bits per heavy atom. The highest BCUT2D eigenvalue weighted by Gasteiger charge is 2.23. The summed E-state index contributed by atoms with van der Waals surface area (Å²) in [7, 11) is 1.67. The Kier molecular flexibility index (Phi) is 5.20. The van der Waals surface area contributed by atoms with Crippen LogP contribution in [0.4, 0.5) is 0 Å². The van der Waals surface area contributed by atoms with Crippen molar-refractivity contribution in [2.45, 2.75) is 64.4 Å². The molecule has 0 aliphatic heterocycles. The fraction of sp³-hybridized carbons (Fsp3) is 0.786. The highest BCUT2D eigenvalue weighted by atomic mass is 16.5. The fourth-order valence-corrected chi connectivity index (χ4v) is 2.02. The first-order chi connectivity index (χ1) is 7.55. The van der Waals surface area contributed by atoms with Crippen molar-refractivity contribution in [3.8, 4) is 0 Å². The van der Waals surface area contributed by atoms with E-state index in [4.69, 9.17) is 4.74 Å². The van der Waals surface area contributed by atoms with Crippen LogP contribution in [0.2, 0.25) is 0 Å². The lowest BCUT2D eigenvalue weighted by molar-refractivity contribution is -0.120. The molecule has 0 fully saturated rings. The summed E-state index contributed by atoms with van der Waals surface area (Å²) in [5, 5.41) is 0. The van der Waals surface area contributed by atoms with Crippen LogP contribution in [0.5, 0.6) is 0 Å². The van der Waals surface area contributed by atoms with Crippen molar-refractivity contribution in [3.63, 3.8) is 0 Å². The first-order valence-corrected chi connectivity index (χ1v) is 6.32. The summed E-state index contributed by atoms with van der Waals surface area (Å²) in [5.74, 6) is 0.272. The Morgan fingerprint density at radius 1 is 1.31 bits per heavy atom. The monoisotopic (exact) mass is 224 g/mol. The number of hydrogen-bond donors (Lipinski definition) is 0. The highest BCUT2D eigenvalue weighted by Crippen LogP contribution is 2.22. The van der Waals surface area contributed by atoms with Gasteiger partial charge < -0.3 is 4.74 Å². The number of ketones is 1. The van der Waals surface area contributed by atoms with Crippen molar-refractivity contribution in [2.75, 3.05) is 7.11 Å². The predicted octanol–water partition coefficient (Wildman–Crippen LogP) is 3.65. The number of methoxy groups -OCH3 is 1. The van der Waals surface area contributed by atoms with Crippen molar-refractivity contribution in [1.29, 1.82) is 0 Å². The molecule has 0 aromatic rings. The van der Waals surface area contributed by atoms with Gasteiger partial charge in [0.15, 0.2) is 5.78 Å². The van der Waals surface area contributed by atoms with Gasteiger partial charge in [-0.1, -0.05) is 18.9 Å². The molecule has 0 spiro atoms. The Bertz CT molecular complexity index is 264. The van der Waals surface area contributed by atoms with E-state index in [2.05, 4.69) is 6.08 Å². The van der Waals surface area contributed by atoms with Gasteiger partial charge in [0, 0.05) is 13.5 Å². The quantitative estimate of drug-likeness (QED) is 0.728. The average molecular weight is 224 g/mol. The van der Waals surface area contributed by atoms with Gasteiger partial charge in [0.25, 0.3) is 0 Å². The zero-order chi connectivity index (χ0) is 12.0. The molecule has 0 unspecified atom stereocenters. The molecular weight excluding hydrogens is 200 g/mol. The Labute approximate surface area is 99.1 Å². The molecule has 0 saturated heterocycles. The van der Waals surface area contributed by atoms with Gasteiger partial charge in [-0.25, -0.2) is 0 Å². The van der Waals surface area contributed by atoms with Crippen LogP contribution in [0, 0.1) is 0 Å². The van der Waals surface area contributed by atoms with Crippen molar-refractivity contribution < 1.29 is 9.53 Å². The molecule has 16 heavy (non-hydrogen) atoms. The number of ether oxygens (including phenoxy) is 1. The summed E-state index contributed by atoms with van der Waals surface area (Å²) in [6.07, 6.45) is 9.62. The van der Waals surface area contributed by atoms with Gasteiger partial charge in [0.2, 0.25) is 0 Å². The van der Waals surface area contributed by atoms with Crippen molar-refractivity contribution in [3.05, 3.63) is 11.6 Å². The van der Waals surface area contributed by atoms with E-state index in [0.29, 0.717) is 6.42 Å². The van der Waals surface area contributed by atoms with Gasteiger partial charge in [-0.2, -0.15) is 0 Å². The number of allylic oxidation sites excluding steroid dienone is 2. The zero-order valence-electron chi connectivity index (χ0n) is 10.8. The lowest BCUT2D eigenvalue weighted by Gasteiger charge is -2.22. The number of Topliss-reactive ketones (excluding diaryl/α,β-unsaturated/α-hetero) is 1. The maximum atomic E-state index is 12.1. The zero-order valence-corrected chi connectivity index (χ0v) is 10.8. The highest BCUT2D eigenvalue weighted by molar-refractivity contribution is 5.95. The smallest absolute Gasteiger partial charge is 0.161 e. The second-order valence-corrected chi connectivity index (χ2v) is 5.25. The van der Waals surface area contributed by atoms with Gasteiger partial charge in [-0.15, -0.1) is 0 Å². The molecule has 0 aromatic carbocycles. The van der Waals surface area contributed by atoms with Gasteiger partial charge in [0.05, 0.1) is 5.60 Å². The third kappa shape index (κ3) is 4.48. The van der Waals surface area contributed by atoms with E-state index in [9.17, 15) is 4.79 Å². The van der Waals surface area contributed by atoms with E-state index >= 15 is 0 Å². The van der Waals surface area contributed by atoms with Crippen LogP contribution in [0.25, 0.3) is 0 Å². The predicted molar refractivity (Wildman–Crippen MR) is 66.5 cm³/mol. The number of carbonyl (C=O) groups is 1. The molecule has 1 aliphatic rings. The summed E-state index contributed by atoms with van der Waals surface area (Å²) in [4.78, 5) is 12.1. The molecule has 2 nitrogen and oxygen atoms in total. The minimum atomic E-state index is -0.333. The van der Waals surface area contributed by atoms with Gasteiger partial charge in [-0.3, -0.25) is 4.79 Å². The number of hydrogen-bond acceptors (Lipinski definition) is 2. The molecule has 0 saturated carbocycles. The number of rotatable bonds is 4. The number of carbonyl (C=O) groups excluding carboxylic acids is 1. The van der Waals surface area contributed by atoms with Crippen molar-refractivity contribution in [1.82, 2.24) is 0 Å². The maximum Gasteiger partial charge on any atom is 0.161 e. The minimum absolute atomic E-state index is 0.272. The van der Waals surface area contributed by atoms with Crippen LogP contribution in [-0.4, -0.2) is 18.5 Å². The molecular formula is C14H24O2. The molecule has 92 valence electrons. The van der Waals surface area contributed by atoms with Crippen LogP contribution < -0.4 is 0 Å². The minimum Gasteiger partial charge on any atom is -0.378 e. The Hall–Kier alpha value is -0.630. The second-order valence-electron chi connectivity index (χ2n) is 5.25. The summed E-state index contributed by atoms with van der Waals surface area (Å²) >= 11 is 0. The molecule has 0 N–H and O–H groups in total.